The Bertz CT molecular complexity index is 1280. The van der Waals surface area contributed by atoms with Crippen molar-refractivity contribution in [3.05, 3.63) is 45.6 Å². The van der Waals surface area contributed by atoms with Gasteiger partial charge >= 0.3 is 5.97 Å². The van der Waals surface area contributed by atoms with Crippen LogP contribution in [0.1, 0.15) is 43.4 Å². The Morgan fingerprint density at radius 3 is 2.42 bits per heavy atom. The highest BCUT2D eigenvalue weighted by atomic mass is 16.5. The summed E-state index contributed by atoms with van der Waals surface area (Å²) in [5.74, 6) is -0.308. The Kier molecular flexibility index (Phi) is 9.53. The van der Waals surface area contributed by atoms with Crippen molar-refractivity contribution in [3.8, 4) is 28.4 Å². The first-order valence-corrected chi connectivity index (χ1v) is 12.2. The molecule has 38 heavy (non-hydrogen) atoms. The molecule has 0 heterocycles. The van der Waals surface area contributed by atoms with E-state index in [1.165, 1.54) is 27.2 Å². The van der Waals surface area contributed by atoms with E-state index in [4.69, 9.17) is 19.3 Å². The summed E-state index contributed by atoms with van der Waals surface area (Å²) < 4.78 is 16.9. The van der Waals surface area contributed by atoms with Gasteiger partial charge in [0.15, 0.2) is 11.5 Å². The zero-order valence-electron chi connectivity index (χ0n) is 21.9. The highest BCUT2D eigenvalue weighted by Gasteiger charge is 2.29. The minimum absolute atomic E-state index is 0.112. The average Bonchev–Trinajstić information content (AvgIpc) is 3.12. The number of fused-ring (bicyclic) bond motifs is 3. The standard InChI is InChI=1S/C27H33N3O8/c1-15(31)30-19-9-7-16-12-22(36-2)26(37-3)27(38-4)25(16)17-8-10-20(21(32)13-18(17)19)28-11-5-6-23(33)29-14-24(34)35/h8,10,12-13,19H,5-7,9,11,14H2,1-4H3,(H,28,32)(H,29,33)(H,30,31)(H,34,35)/t19-/m0/s1. The number of hydrogen-bond donors (Lipinski definition) is 4. The molecule has 11 nitrogen and oxygen atoms in total. The molecule has 0 radical (unpaired) electrons. The van der Waals surface area contributed by atoms with E-state index in [0.29, 0.717) is 59.9 Å². The lowest BCUT2D eigenvalue weighted by Crippen LogP contribution is -2.29. The molecule has 0 unspecified atom stereocenters. The number of ether oxygens (including phenoxy) is 3. The molecule has 2 aromatic rings. The number of carbonyl (C=O) groups is 3. The summed E-state index contributed by atoms with van der Waals surface area (Å²) in [5.41, 5.74) is 3.09. The number of aliphatic carboxylic acids is 1. The summed E-state index contributed by atoms with van der Waals surface area (Å²) in [4.78, 5) is 47.6. The molecule has 0 spiro atoms. The van der Waals surface area contributed by atoms with Crippen molar-refractivity contribution in [1.82, 2.24) is 10.6 Å². The van der Waals surface area contributed by atoms with E-state index < -0.39 is 18.6 Å². The molecule has 0 saturated heterocycles. The normalized spacial score (nSPS) is 13.7. The molecular formula is C27H33N3O8. The smallest absolute Gasteiger partial charge is 0.322 e. The zero-order chi connectivity index (χ0) is 27.8. The summed E-state index contributed by atoms with van der Waals surface area (Å²) in [6, 6.07) is 6.47. The third kappa shape index (κ3) is 6.53. The fourth-order valence-electron chi connectivity index (χ4n) is 4.59. The van der Waals surface area contributed by atoms with E-state index in [1.807, 2.05) is 12.1 Å². The quantitative estimate of drug-likeness (QED) is 0.322. The number of nitrogens with one attached hydrogen (secondary N) is 3. The molecule has 2 aromatic carbocycles. The number of methoxy groups -OCH3 is 3. The Morgan fingerprint density at radius 2 is 1.79 bits per heavy atom. The molecule has 0 fully saturated rings. The van der Waals surface area contributed by atoms with Crippen molar-refractivity contribution in [3.63, 3.8) is 0 Å². The number of carboxylic acid groups (broad SMARTS) is 1. The predicted molar refractivity (Wildman–Crippen MR) is 141 cm³/mol. The first-order valence-electron chi connectivity index (χ1n) is 12.2. The van der Waals surface area contributed by atoms with Crippen LogP contribution in [0.2, 0.25) is 0 Å². The summed E-state index contributed by atoms with van der Waals surface area (Å²) >= 11 is 0. The van der Waals surface area contributed by atoms with E-state index >= 15 is 0 Å². The van der Waals surface area contributed by atoms with Gasteiger partial charge in [-0.25, -0.2) is 0 Å². The molecule has 3 rings (SSSR count). The maximum absolute atomic E-state index is 13.2. The molecule has 2 amide bonds. The summed E-state index contributed by atoms with van der Waals surface area (Å²) in [6.45, 7) is 1.32. The van der Waals surface area contributed by atoms with Gasteiger partial charge in [0.05, 0.1) is 33.1 Å². The molecule has 0 saturated carbocycles. The van der Waals surface area contributed by atoms with Crippen molar-refractivity contribution >= 4 is 23.5 Å². The van der Waals surface area contributed by atoms with Gasteiger partial charge in [0.25, 0.3) is 0 Å². The second-order valence-electron chi connectivity index (χ2n) is 8.80. The molecule has 0 aliphatic heterocycles. The number of amides is 2. The van der Waals surface area contributed by atoms with Crippen molar-refractivity contribution in [2.75, 3.05) is 39.7 Å². The van der Waals surface area contributed by atoms with Crippen molar-refractivity contribution in [2.45, 2.75) is 38.6 Å². The SMILES string of the molecule is COc1cc2c(c(OC)c1OC)-c1ccc(NCCCC(=O)NCC(=O)O)c(=O)cc1[C@@H](NC(C)=O)CC2. The van der Waals surface area contributed by atoms with E-state index in [9.17, 15) is 19.2 Å². The minimum Gasteiger partial charge on any atom is -0.493 e. The Balaban J connectivity index is 2.02. The predicted octanol–water partition coefficient (Wildman–Crippen LogP) is 2.26. The Labute approximate surface area is 220 Å². The lowest BCUT2D eigenvalue weighted by Gasteiger charge is -2.19. The number of anilines is 1. The van der Waals surface area contributed by atoms with Crippen LogP contribution >= 0.6 is 0 Å². The summed E-state index contributed by atoms with van der Waals surface area (Å²) in [7, 11) is 4.61. The lowest BCUT2D eigenvalue weighted by molar-refractivity contribution is -0.137. The summed E-state index contributed by atoms with van der Waals surface area (Å²) in [5, 5.41) is 17.0. The van der Waals surface area contributed by atoms with E-state index in [-0.39, 0.29) is 23.7 Å². The number of benzene rings is 1. The van der Waals surface area contributed by atoms with Gasteiger partial charge in [-0.05, 0) is 54.2 Å². The fraction of sp³-hybridized carbons (Fsp3) is 0.407. The monoisotopic (exact) mass is 527 g/mol. The van der Waals surface area contributed by atoms with Crippen molar-refractivity contribution in [1.29, 1.82) is 0 Å². The second kappa shape index (κ2) is 12.8. The topological polar surface area (TPSA) is 152 Å². The Hall–Kier alpha value is -4.28. The number of rotatable bonds is 11. The van der Waals surface area contributed by atoms with Gasteiger partial charge in [0, 0.05) is 25.5 Å². The van der Waals surface area contributed by atoms with Gasteiger partial charge in [-0.1, -0.05) is 6.07 Å². The van der Waals surface area contributed by atoms with Gasteiger partial charge < -0.3 is 35.3 Å². The van der Waals surface area contributed by atoms with Gasteiger partial charge in [-0.3, -0.25) is 19.2 Å². The molecule has 1 atom stereocenters. The average molecular weight is 528 g/mol. The molecule has 0 bridgehead atoms. The van der Waals surface area contributed by atoms with Gasteiger partial charge in [-0.15, -0.1) is 0 Å². The third-order valence-electron chi connectivity index (χ3n) is 6.25. The van der Waals surface area contributed by atoms with Gasteiger partial charge in [0.1, 0.15) is 6.54 Å². The molecule has 11 heteroatoms. The van der Waals surface area contributed by atoms with Crippen LogP contribution in [0.4, 0.5) is 5.69 Å². The van der Waals surface area contributed by atoms with Crippen molar-refractivity contribution < 1.29 is 33.7 Å². The van der Waals surface area contributed by atoms with Crippen molar-refractivity contribution in [2.24, 2.45) is 0 Å². The molecule has 0 aromatic heterocycles. The lowest BCUT2D eigenvalue weighted by atomic mass is 9.95. The van der Waals surface area contributed by atoms with E-state index in [0.717, 1.165) is 11.1 Å². The number of carboxylic acids is 1. The number of hydrogen-bond acceptors (Lipinski definition) is 8. The van der Waals surface area contributed by atoms with E-state index in [2.05, 4.69) is 16.0 Å². The van der Waals surface area contributed by atoms with Crippen LogP contribution in [-0.2, 0) is 20.8 Å². The van der Waals surface area contributed by atoms with Crippen LogP contribution in [0.5, 0.6) is 17.2 Å². The maximum Gasteiger partial charge on any atom is 0.322 e. The minimum atomic E-state index is -1.11. The van der Waals surface area contributed by atoms with Gasteiger partial charge in [0.2, 0.25) is 23.0 Å². The Morgan fingerprint density at radius 1 is 1.05 bits per heavy atom. The summed E-state index contributed by atoms with van der Waals surface area (Å²) in [6.07, 6.45) is 1.65. The molecule has 1 aliphatic rings. The fourth-order valence-corrected chi connectivity index (χ4v) is 4.59. The van der Waals surface area contributed by atoms with Crippen LogP contribution in [-0.4, -0.2) is 57.3 Å². The maximum atomic E-state index is 13.2. The van der Waals surface area contributed by atoms with Crippen LogP contribution in [0.15, 0.2) is 29.1 Å². The molecule has 204 valence electrons. The van der Waals surface area contributed by atoms with Crippen LogP contribution in [0.3, 0.4) is 0 Å². The van der Waals surface area contributed by atoms with Crippen LogP contribution < -0.4 is 35.6 Å². The molecular weight excluding hydrogens is 494 g/mol. The van der Waals surface area contributed by atoms with E-state index in [1.54, 1.807) is 13.2 Å². The van der Waals surface area contributed by atoms with Crippen LogP contribution in [0.25, 0.3) is 11.1 Å². The number of aryl methyl sites for hydroxylation is 1. The van der Waals surface area contributed by atoms with Gasteiger partial charge in [-0.2, -0.15) is 0 Å². The highest BCUT2D eigenvalue weighted by Crippen LogP contribution is 2.50. The van der Waals surface area contributed by atoms with Crippen LogP contribution in [0, 0.1) is 0 Å². The zero-order valence-corrected chi connectivity index (χ0v) is 21.9. The molecule has 4 N–H and O–H groups in total. The third-order valence-corrected chi connectivity index (χ3v) is 6.25. The highest BCUT2D eigenvalue weighted by molar-refractivity contribution is 5.84. The molecule has 1 aliphatic carbocycles. The first kappa shape index (κ1) is 28.3. The number of carbonyl (C=O) groups excluding carboxylic acids is 2. The first-order chi connectivity index (χ1) is 18.2. The second-order valence-corrected chi connectivity index (χ2v) is 8.80. The largest absolute Gasteiger partial charge is 0.493 e.